The molecule has 0 fully saturated rings. The topological polar surface area (TPSA) is 108 Å². The van der Waals surface area contributed by atoms with Crippen molar-refractivity contribution in [3.63, 3.8) is 0 Å². The lowest BCUT2D eigenvalue weighted by atomic mass is 10.1. The number of nitrogen functional groups attached to an aromatic ring is 1. The van der Waals surface area contributed by atoms with E-state index in [0.717, 1.165) is 0 Å². The summed E-state index contributed by atoms with van der Waals surface area (Å²) in [6.45, 7) is 6.09. The van der Waals surface area contributed by atoms with Gasteiger partial charge in [0.2, 0.25) is 0 Å². The minimum Gasteiger partial charge on any atom is -0.444 e. The molecule has 2 aromatic heterocycles. The zero-order chi connectivity index (χ0) is 16.3. The van der Waals surface area contributed by atoms with E-state index < -0.39 is 11.7 Å². The molecule has 2 rings (SSSR count). The van der Waals surface area contributed by atoms with Gasteiger partial charge in [0.05, 0.1) is 14.4 Å². The molecule has 0 saturated heterocycles. The molecule has 0 aliphatic heterocycles. The smallest absolute Gasteiger partial charge is 0.408 e. The first-order valence-corrected chi connectivity index (χ1v) is 6.94. The summed E-state index contributed by atoms with van der Waals surface area (Å²) in [7, 11) is 5.62. The number of amides is 1. The second-order valence-electron chi connectivity index (χ2n) is 5.75. The van der Waals surface area contributed by atoms with Gasteiger partial charge in [-0.1, -0.05) is 6.32 Å². The summed E-state index contributed by atoms with van der Waals surface area (Å²) in [5.74, 6) is 0.887. The van der Waals surface area contributed by atoms with Gasteiger partial charge in [-0.3, -0.25) is 0 Å². The summed E-state index contributed by atoms with van der Waals surface area (Å²) in [6.07, 6.45) is 1.27. The molecule has 0 aromatic carbocycles. The van der Waals surface area contributed by atoms with Crippen molar-refractivity contribution in [3.8, 4) is 0 Å². The largest absolute Gasteiger partial charge is 0.444 e. The highest BCUT2D eigenvalue weighted by Crippen LogP contribution is 2.18. The van der Waals surface area contributed by atoms with Crippen LogP contribution in [0.1, 0.15) is 26.6 Å². The molecule has 2 radical (unpaired) electrons. The van der Waals surface area contributed by atoms with Crippen LogP contribution in [-0.4, -0.2) is 39.1 Å². The number of alkyl carbamates (subject to hydrolysis) is 1. The first-order valence-electron chi connectivity index (χ1n) is 6.94. The van der Waals surface area contributed by atoms with Crippen molar-refractivity contribution >= 4 is 30.9 Å². The Hall–Kier alpha value is -2.32. The predicted octanol–water partition coefficient (Wildman–Crippen LogP) is 1.02. The van der Waals surface area contributed by atoms with E-state index in [4.69, 9.17) is 18.3 Å². The number of imidazole rings is 1. The van der Waals surface area contributed by atoms with Crippen molar-refractivity contribution in [1.82, 2.24) is 24.8 Å². The maximum atomic E-state index is 11.7. The normalized spacial score (nSPS) is 11.6. The van der Waals surface area contributed by atoms with Crippen molar-refractivity contribution in [2.75, 3.05) is 5.73 Å². The number of carbonyl (C=O) groups excluding carboxylic acids is 1. The highest BCUT2D eigenvalue weighted by molar-refractivity contribution is 6.08. The first kappa shape index (κ1) is 16.1. The molecule has 0 bridgehead atoms. The maximum absolute atomic E-state index is 11.7. The Kier molecular flexibility index (Phi) is 4.53. The fraction of sp³-hybridized carbons (Fsp3) is 0.538. The van der Waals surface area contributed by atoms with Crippen molar-refractivity contribution in [1.29, 1.82) is 0 Å². The number of nitrogens with one attached hydrogen (secondary N) is 1. The Bertz CT molecular complexity index is 679. The number of ether oxygens (including phenoxy) is 1. The van der Waals surface area contributed by atoms with Crippen LogP contribution in [0, 0.1) is 0 Å². The van der Waals surface area contributed by atoms with Crippen LogP contribution >= 0.6 is 0 Å². The molecule has 0 saturated carbocycles. The van der Waals surface area contributed by atoms with E-state index >= 15 is 0 Å². The van der Waals surface area contributed by atoms with Gasteiger partial charge in [-0.25, -0.2) is 19.7 Å². The van der Waals surface area contributed by atoms with Gasteiger partial charge in [0, 0.05) is 6.54 Å². The summed E-state index contributed by atoms with van der Waals surface area (Å²) in [5, 5.41) is 2.66. The fourth-order valence-corrected chi connectivity index (χ4v) is 1.96. The van der Waals surface area contributed by atoms with Crippen LogP contribution in [0.15, 0.2) is 6.33 Å². The summed E-state index contributed by atoms with van der Waals surface area (Å²) in [6, 6.07) is 0. The molecular formula is C13H19BN6O2. The minimum absolute atomic E-state index is 0.185. The molecule has 0 aliphatic rings. The second kappa shape index (κ2) is 6.21. The third-order valence-electron chi connectivity index (χ3n) is 2.78. The Morgan fingerprint density at radius 1 is 1.45 bits per heavy atom. The van der Waals surface area contributed by atoms with Gasteiger partial charge in [-0.2, -0.15) is 0 Å². The number of aryl methyl sites for hydroxylation is 1. The van der Waals surface area contributed by atoms with Crippen molar-refractivity contribution in [2.45, 2.75) is 45.8 Å². The van der Waals surface area contributed by atoms with Gasteiger partial charge in [0.1, 0.15) is 17.8 Å². The first-order chi connectivity index (χ1) is 10.3. The maximum Gasteiger partial charge on any atom is 0.408 e. The molecule has 3 N–H and O–H groups in total. The number of aromatic nitrogens is 4. The molecule has 116 valence electrons. The number of fused-ring (bicyclic) bond motifs is 1. The van der Waals surface area contributed by atoms with Gasteiger partial charge in [0.15, 0.2) is 17.0 Å². The van der Waals surface area contributed by atoms with E-state index in [1.165, 1.54) is 6.33 Å². The summed E-state index contributed by atoms with van der Waals surface area (Å²) in [5.41, 5.74) is 6.34. The van der Waals surface area contributed by atoms with E-state index in [0.29, 0.717) is 35.7 Å². The summed E-state index contributed by atoms with van der Waals surface area (Å²) >= 11 is 0. The quantitative estimate of drug-likeness (QED) is 0.816. The van der Waals surface area contributed by atoms with Gasteiger partial charge in [0.25, 0.3) is 0 Å². The highest BCUT2D eigenvalue weighted by Gasteiger charge is 2.18. The molecule has 0 atom stereocenters. The lowest BCUT2D eigenvalue weighted by Crippen LogP contribution is -2.32. The number of carbonyl (C=O) groups is 1. The number of rotatable bonds is 4. The van der Waals surface area contributed by atoms with Crippen LogP contribution in [-0.2, 0) is 17.8 Å². The second-order valence-corrected chi connectivity index (χ2v) is 5.75. The lowest BCUT2D eigenvalue weighted by molar-refractivity contribution is 0.0521. The number of nitrogens with two attached hydrogens (primary N) is 1. The van der Waals surface area contributed by atoms with Gasteiger partial charge < -0.3 is 20.4 Å². The van der Waals surface area contributed by atoms with Crippen molar-refractivity contribution in [2.24, 2.45) is 0 Å². The van der Waals surface area contributed by atoms with E-state index in [1.54, 1.807) is 20.8 Å². The molecule has 8 nitrogen and oxygen atoms in total. The molecule has 1 amide bonds. The molecule has 0 aliphatic carbocycles. The minimum atomic E-state index is -0.558. The monoisotopic (exact) mass is 302 g/mol. The number of hydrogen-bond acceptors (Lipinski definition) is 6. The van der Waals surface area contributed by atoms with E-state index in [2.05, 4.69) is 20.3 Å². The zero-order valence-electron chi connectivity index (χ0n) is 13.0. The zero-order valence-corrected chi connectivity index (χ0v) is 13.0. The molecule has 0 spiro atoms. The van der Waals surface area contributed by atoms with Crippen molar-refractivity contribution in [3.05, 3.63) is 12.2 Å². The number of hydrogen-bond donors (Lipinski definition) is 2. The summed E-state index contributed by atoms with van der Waals surface area (Å²) < 4.78 is 7.00. The Labute approximate surface area is 129 Å². The third kappa shape index (κ3) is 3.66. The summed E-state index contributed by atoms with van der Waals surface area (Å²) in [4.78, 5) is 24.2. The van der Waals surface area contributed by atoms with Crippen LogP contribution in [0.3, 0.4) is 0 Å². The SMILES string of the molecule is [B]CCn1c(CNC(=O)OC(C)(C)C)nc2c(N)ncnc21. The van der Waals surface area contributed by atoms with Crippen LogP contribution in [0.5, 0.6) is 0 Å². The van der Waals surface area contributed by atoms with Crippen LogP contribution in [0.4, 0.5) is 10.6 Å². The van der Waals surface area contributed by atoms with Crippen LogP contribution in [0.25, 0.3) is 11.2 Å². The third-order valence-corrected chi connectivity index (χ3v) is 2.78. The molecule has 2 aromatic rings. The fourth-order valence-electron chi connectivity index (χ4n) is 1.96. The van der Waals surface area contributed by atoms with E-state index in [9.17, 15) is 4.79 Å². The van der Waals surface area contributed by atoms with Gasteiger partial charge >= 0.3 is 6.09 Å². The van der Waals surface area contributed by atoms with E-state index in [-0.39, 0.29) is 6.54 Å². The van der Waals surface area contributed by atoms with Gasteiger partial charge in [-0.15, -0.1) is 0 Å². The number of anilines is 1. The Morgan fingerprint density at radius 2 is 2.18 bits per heavy atom. The molecule has 2 heterocycles. The average Bonchev–Trinajstić information content (AvgIpc) is 2.75. The van der Waals surface area contributed by atoms with Gasteiger partial charge in [-0.05, 0) is 20.8 Å². The highest BCUT2D eigenvalue weighted by atomic mass is 16.6. The van der Waals surface area contributed by atoms with Crippen molar-refractivity contribution < 1.29 is 9.53 Å². The lowest BCUT2D eigenvalue weighted by Gasteiger charge is -2.19. The molecule has 22 heavy (non-hydrogen) atoms. The molecule has 9 heteroatoms. The molecule has 0 unspecified atom stereocenters. The van der Waals surface area contributed by atoms with Crippen LogP contribution in [0.2, 0.25) is 6.32 Å². The Balaban J connectivity index is 2.21. The van der Waals surface area contributed by atoms with E-state index in [1.807, 2.05) is 4.57 Å². The number of nitrogens with zero attached hydrogens (tertiary/aromatic N) is 4. The Morgan fingerprint density at radius 3 is 2.82 bits per heavy atom. The predicted molar refractivity (Wildman–Crippen MR) is 83.4 cm³/mol. The van der Waals surface area contributed by atoms with Crippen LogP contribution < -0.4 is 11.1 Å². The molecular weight excluding hydrogens is 283 g/mol. The average molecular weight is 302 g/mol. The standard InChI is InChI=1S/C13H19BN6O2/c1-13(2,3)22-12(21)16-6-8-19-9-10(15)17-7-18-11(9)20(8)5-4-14/h7H,4-6H2,1-3H3,(H,16,21)(H2,15,17,18).